The first kappa shape index (κ1) is 16.8. The lowest BCUT2D eigenvalue weighted by molar-refractivity contribution is 0.0693. The molecule has 0 unspecified atom stereocenters. The topological polar surface area (TPSA) is 62.5 Å². The molecule has 0 amide bonds. The van der Waals surface area contributed by atoms with Crippen molar-refractivity contribution in [1.82, 2.24) is 4.57 Å². The van der Waals surface area contributed by atoms with E-state index in [4.69, 9.17) is 0 Å². The summed E-state index contributed by atoms with van der Waals surface area (Å²) >= 11 is 0. The molecule has 0 fully saturated rings. The largest absolute Gasteiger partial charge is 0.478 e. The Morgan fingerprint density at radius 3 is 2.36 bits per heavy atom. The number of hydrogen-bond donors (Lipinski definition) is 1. The van der Waals surface area contributed by atoms with Crippen LogP contribution in [0.15, 0.2) is 42.5 Å². The lowest BCUT2D eigenvalue weighted by Gasteiger charge is -2.15. The summed E-state index contributed by atoms with van der Waals surface area (Å²) in [5, 5.41) is 10.4. The van der Waals surface area contributed by atoms with Gasteiger partial charge in [-0.15, -0.1) is 0 Å². The minimum absolute atomic E-state index is 0.0172. The first-order valence-electron chi connectivity index (χ1n) is 7.96. The summed E-state index contributed by atoms with van der Waals surface area (Å²) in [4.78, 5) is 26.7. The first-order chi connectivity index (χ1) is 11.8. The highest BCUT2D eigenvalue weighted by Crippen LogP contribution is 2.29. The molecule has 0 saturated heterocycles. The Labute approximate surface area is 146 Å². The third-order valence-corrected chi connectivity index (χ3v) is 4.62. The van der Waals surface area contributed by atoms with Gasteiger partial charge in [-0.05, 0) is 31.2 Å². The first-order valence-corrected chi connectivity index (χ1v) is 7.96. The predicted octanol–water partition coefficient (Wildman–Crippen LogP) is 3.48. The van der Waals surface area contributed by atoms with E-state index in [1.807, 2.05) is 61.8 Å². The molecule has 25 heavy (non-hydrogen) atoms. The van der Waals surface area contributed by atoms with E-state index in [1.54, 1.807) is 12.1 Å². The molecule has 0 aliphatic heterocycles. The van der Waals surface area contributed by atoms with Crippen LogP contribution < -0.4 is 4.90 Å². The van der Waals surface area contributed by atoms with Crippen molar-refractivity contribution >= 4 is 28.3 Å². The molecule has 0 saturated carbocycles. The zero-order chi connectivity index (χ0) is 18.3. The maximum atomic E-state index is 13.2. The molecule has 0 bridgehead atoms. The lowest BCUT2D eigenvalue weighted by atomic mass is 9.96. The second-order valence-electron chi connectivity index (χ2n) is 6.30. The number of anilines is 1. The van der Waals surface area contributed by atoms with Gasteiger partial charge in [0.05, 0.1) is 11.1 Å². The quantitative estimate of drug-likeness (QED) is 0.741. The summed E-state index contributed by atoms with van der Waals surface area (Å²) in [6.45, 7) is 1.88. The van der Waals surface area contributed by atoms with Crippen LogP contribution >= 0.6 is 0 Å². The fourth-order valence-electron chi connectivity index (χ4n) is 3.13. The molecule has 3 rings (SSSR count). The Morgan fingerprint density at radius 2 is 1.72 bits per heavy atom. The minimum atomic E-state index is -1.11. The molecule has 0 radical (unpaired) electrons. The molecule has 128 valence electrons. The van der Waals surface area contributed by atoms with Crippen molar-refractivity contribution in [3.63, 3.8) is 0 Å². The molecule has 0 spiro atoms. The monoisotopic (exact) mass is 336 g/mol. The Hall–Kier alpha value is -3.08. The number of hydrogen-bond acceptors (Lipinski definition) is 3. The van der Waals surface area contributed by atoms with Crippen LogP contribution in [0.2, 0.25) is 0 Å². The van der Waals surface area contributed by atoms with Gasteiger partial charge < -0.3 is 14.6 Å². The minimum Gasteiger partial charge on any atom is -0.478 e. The number of aryl methyl sites for hydroxylation is 1. The van der Waals surface area contributed by atoms with Crippen LogP contribution in [0.5, 0.6) is 0 Å². The number of carboxylic acid groups (broad SMARTS) is 1. The molecule has 0 atom stereocenters. The summed E-state index contributed by atoms with van der Waals surface area (Å²) in [6, 6.07) is 12.5. The van der Waals surface area contributed by atoms with Crippen LogP contribution in [-0.2, 0) is 7.05 Å². The normalized spacial score (nSPS) is 10.9. The fourth-order valence-corrected chi connectivity index (χ4v) is 3.13. The number of nitrogens with zero attached hydrogens (tertiary/aromatic N) is 2. The third-order valence-electron chi connectivity index (χ3n) is 4.62. The Morgan fingerprint density at radius 1 is 1.04 bits per heavy atom. The maximum Gasteiger partial charge on any atom is 0.336 e. The number of carbonyl (C=O) groups excluding carboxylic acids is 1. The molecule has 0 aliphatic rings. The van der Waals surface area contributed by atoms with Gasteiger partial charge in [0, 0.05) is 49.0 Å². The Kier molecular flexibility index (Phi) is 4.08. The molecular weight excluding hydrogens is 316 g/mol. The van der Waals surface area contributed by atoms with Gasteiger partial charge in [0.25, 0.3) is 0 Å². The van der Waals surface area contributed by atoms with Gasteiger partial charge in [0.15, 0.2) is 5.78 Å². The average molecular weight is 336 g/mol. The summed E-state index contributed by atoms with van der Waals surface area (Å²) < 4.78 is 1.96. The predicted molar refractivity (Wildman–Crippen MR) is 98.8 cm³/mol. The zero-order valence-electron chi connectivity index (χ0n) is 14.7. The fraction of sp³-hybridized carbons (Fsp3) is 0.200. The SMILES string of the molecule is Cc1c(C(=O)c2ccc(N(C)C)cc2C(=O)O)c2ccccc2n1C. The van der Waals surface area contributed by atoms with E-state index in [9.17, 15) is 14.7 Å². The number of aromatic carboxylic acids is 1. The molecule has 1 heterocycles. The Bertz CT molecular complexity index is 1000. The molecule has 5 heteroatoms. The number of benzene rings is 2. The van der Waals surface area contributed by atoms with Crippen LogP contribution in [0, 0.1) is 6.92 Å². The molecule has 1 N–H and O–H groups in total. The van der Waals surface area contributed by atoms with Crippen LogP contribution in [0.4, 0.5) is 5.69 Å². The summed E-state index contributed by atoms with van der Waals surface area (Å²) in [5.74, 6) is -1.37. The van der Waals surface area contributed by atoms with E-state index in [1.165, 1.54) is 6.07 Å². The van der Waals surface area contributed by atoms with Gasteiger partial charge in [0.1, 0.15) is 0 Å². The molecule has 3 aromatic rings. The number of carboxylic acids is 1. The van der Waals surface area contributed by atoms with Gasteiger partial charge in [-0.1, -0.05) is 18.2 Å². The van der Waals surface area contributed by atoms with E-state index < -0.39 is 5.97 Å². The van der Waals surface area contributed by atoms with Gasteiger partial charge in [-0.25, -0.2) is 4.79 Å². The average Bonchev–Trinajstić information content (AvgIpc) is 2.85. The van der Waals surface area contributed by atoms with Crippen molar-refractivity contribution < 1.29 is 14.7 Å². The molecule has 0 aliphatic carbocycles. The number of carbonyl (C=O) groups is 2. The zero-order valence-corrected chi connectivity index (χ0v) is 14.7. The number of fused-ring (bicyclic) bond motifs is 1. The van der Waals surface area contributed by atoms with Gasteiger partial charge in [-0.3, -0.25) is 4.79 Å². The lowest BCUT2D eigenvalue weighted by Crippen LogP contribution is -2.14. The van der Waals surface area contributed by atoms with Crippen LogP contribution in [0.25, 0.3) is 10.9 Å². The van der Waals surface area contributed by atoms with Crippen molar-refractivity contribution in [1.29, 1.82) is 0 Å². The third kappa shape index (κ3) is 2.67. The van der Waals surface area contributed by atoms with Crippen LogP contribution in [-0.4, -0.2) is 35.5 Å². The number of ketones is 1. The molecule has 1 aromatic heterocycles. The van der Waals surface area contributed by atoms with Crippen molar-refractivity contribution in [2.75, 3.05) is 19.0 Å². The summed E-state index contributed by atoms with van der Waals surface area (Å²) in [7, 11) is 5.57. The van der Waals surface area contributed by atoms with Crippen molar-refractivity contribution in [2.45, 2.75) is 6.92 Å². The highest BCUT2D eigenvalue weighted by atomic mass is 16.4. The molecule has 2 aromatic carbocycles. The molecule has 5 nitrogen and oxygen atoms in total. The van der Waals surface area contributed by atoms with E-state index in [0.29, 0.717) is 5.56 Å². The number of aromatic nitrogens is 1. The van der Waals surface area contributed by atoms with Gasteiger partial charge in [0.2, 0.25) is 0 Å². The standard InChI is InChI=1S/C20H20N2O3/c1-12-18(15-7-5-6-8-17(15)22(12)4)19(23)14-10-9-13(21(2)3)11-16(14)20(24)25/h5-11H,1-4H3,(H,24,25). The van der Waals surface area contributed by atoms with E-state index in [2.05, 4.69) is 0 Å². The van der Waals surface area contributed by atoms with E-state index >= 15 is 0 Å². The van der Waals surface area contributed by atoms with E-state index in [0.717, 1.165) is 22.3 Å². The highest BCUT2D eigenvalue weighted by Gasteiger charge is 2.24. The highest BCUT2D eigenvalue weighted by molar-refractivity contribution is 6.20. The summed E-state index contributed by atoms with van der Waals surface area (Å²) in [5.41, 5.74) is 3.28. The second kappa shape index (κ2) is 6.09. The van der Waals surface area contributed by atoms with Crippen LogP contribution in [0.3, 0.4) is 0 Å². The van der Waals surface area contributed by atoms with Gasteiger partial charge >= 0.3 is 5.97 Å². The van der Waals surface area contributed by atoms with Crippen molar-refractivity contribution in [3.8, 4) is 0 Å². The number of para-hydroxylation sites is 1. The van der Waals surface area contributed by atoms with Crippen molar-refractivity contribution in [3.05, 3.63) is 64.8 Å². The summed E-state index contributed by atoms with van der Waals surface area (Å²) in [6.07, 6.45) is 0. The van der Waals surface area contributed by atoms with Gasteiger partial charge in [-0.2, -0.15) is 0 Å². The van der Waals surface area contributed by atoms with E-state index in [-0.39, 0.29) is 16.9 Å². The smallest absolute Gasteiger partial charge is 0.336 e. The maximum absolute atomic E-state index is 13.2. The second-order valence-corrected chi connectivity index (χ2v) is 6.30. The van der Waals surface area contributed by atoms with Crippen LogP contribution in [0.1, 0.15) is 32.0 Å². The number of rotatable bonds is 4. The molecular formula is C20H20N2O3. The Balaban J connectivity index is 2.23. The van der Waals surface area contributed by atoms with Crippen molar-refractivity contribution in [2.24, 2.45) is 7.05 Å².